The first-order chi connectivity index (χ1) is 10.2. The van der Waals surface area contributed by atoms with Gasteiger partial charge < -0.3 is 5.32 Å². The van der Waals surface area contributed by atoms with Gasteiger partial charge in [0.2, 0.25) is 0 Å². The number of nitrogens with zero attached hydrogens (tertiary/aromatic N) is 5. The summed E-state index contributed by atoms with van der Waals surface area (Å²) in [6.45, 7) is 1.95. The largest absolute Gasteiger partial charge is 0.375 e. The van der Waals surface area contributed by atoms with E-state index < -0.39 is 0 Å². The molecule has 1 unspecified atom stereocenters. The van der Waals surface area contributed by atoms with Gasteiger partial charge in [-0.25, -0.2) is 4.39 Å². The average Bonchev–Trinajstić information content (AvgIpc) is 3.02. The summed E-state index contributed by atoms with van der Waals surface area (Å²) < 4.78 is 14.5. The van der Waals surface area contributed by atoms with E-state index >= 15 is 0 Å². The molecule has 0 radical (unpaired) electrons. The second-order valence-corrected chi connectivity index (χ2v) is 4.54. The third-order valence-electron chi connectivity index (χ3n) is 3.07. The monoisotopic (exact) mass is 284 g/mol. The van der Waals surface area contributed by atoms with Crippen LogP contribution in [0, 0.1) is 5.82 Å². The number of para-hydroxylation sites is 2. The van der Waals surface area contributed by atoms with Gasteiger partial charge >= 0.3 is 0 Å². The van der Waals surface area contributed by atoms with Gasteiger partial charge in [-0.2, -0.15) is 4.68 Å². The standard InChI is InChI=1S/C14H13FN6/c1-10(12-7-6-11(15)8-16-12)18-13-4-2-3-5-14(13)21-9-17-19-20-21/h2-10,18H,1H3. The number of tetrazole rings is 1. The van der Waals surface area contributed by atoms with Gasteiger partial charge in [0, 0.05) is 0 Å². The highest BCUT2D eigenvalue weighted by molar-refractivity contribution is 5.61. The van der Waals surface area contributed by atoms with Gasteiger partial charge in [0.05, 0.1) is 29.3 Å². The van der Waals surface area contributed by atoms with Crippen LogP contribution in [0.15, 0.2) is 48.9 Å². The first kappa shape index (κ1) is 13.2. The van der Waals surface area contributed by atoms with Crippen molar-refractivity contribution < 1.29 is 4.39 Å². The van der Waals surface area contributed by atoms with E-state index in [0.29, 0.717) is 0 Å². The quantitative estimate of drug-likeness (QED) is 0.796. The highest BCUT2D eigenvalue weighted by Gasteiger charge is 2.11. The molecule has 0 amide bonds. The third-order valence-corrected chi connectivity index (χ3v) is 3.07. The first-order valence-corrected chi connectivity index (χ1v) is 6.44. The molecule has 0 aliphatic carbocycles. The number of pyridine rings is 1. The molecule has 7 heteroatoms. The van der Waals surface area contributed by atoms with Crippen LogP contribution < -0.4 is 5.32 Å². The molecular formula is C14H13FN6. The zero-order valence-electron chi connectivity index (χ0n) is 11.3. The van der Waals surface area contributed by atoms with Gasteiger partial charge in [-0.3, -0.25) is 4.98 Å². The summed E-state index contributed by atoms with van der Waals surface area (Å²) in [5.74, 6) is -0.347. The van der Waals surface area contributed by atoms with Gasteiger partial charge in [0.15, 0.2) is 0 Å². The fourth-order valence-corrected chi connectivity index (χ4v) is 2.02. The molecule has 1 atom stereocenters. The van der Waals surface area contributed by atoms with E-state index in [1.807, 2.05) is 31.2 Å². The van der Waals surface area contributed by atoms with Crippen molar-refractivity contribution in [2.45, 2.75) is 13.0 Å². The Kier molecular flexibility index (Phi) is 3.55. The van der Waals surface area contributed by atoms with Crippen molar-refractivity contribution in [2.75, 3.05) is 5.32 Å². The van der Waals surface area contributed by atoms with E-state index in [4.69, 9.17) is 0 Å². The molecule has 0 aliphatic heterocycles. The summed E-state index contributed by atoms with van der Waals surface area (Å²) in [5.41, 5.74) is 2.45. The van der Waals surface area contributed by atoms with Crippen LogP contribution in [-0.4, -0.2) is 25.2 Å². The van der Waals surface area contributed by atoms with Gasteiger partial charge in [0.25, 0.3) is 0 Å². The van der Waals surface area contributed by atoms with Crippen molar-refractivity contribution in [2.24, 2.45) is 0 Å². The molecule has 0 fully saturated rings. The summed E-state index contributed by atoms with van der Waals surface area (Å²) in [6.07, 6.45) is 2.74. The molecule has 0 spiro atoms. The Morgan fingerprint density at radius 1 is 1.19 bits per heavy atom. The smallest absolute Gasteiger partial charge is 0.143 e. The molecule has 2 heterocycles. The van der Waals surface area contributed by atoms with Crippen molar-refractivity contribution >= 4 is 5.69 Å². The Morgan fingerprint density at radius 2 is 2.05 bits per heavy atom. The number of halogens is 1. The molecule has 1 aromatic carbocycles. The van der Waals surface area contributed by atoms with E-state index in [-0.39, 0.29) is 11.9 Å². The van der Waals surface area contributed by atoms with Crippen molar-refractivity contribution in [3.8, 4) is 5.69 Å². The topological polar surface area (TPSA) is 68.5 Å². The molecule has 2 aromatic heterocycles. The fraction of sp³-hybridized carbons (Fsp3) is 0.143. The van der Waals surface area contributed by atoms with E-state index in [0.717, 1.165) is 17.1 Å². The van der Waals surface area contributed by atoms with E-state index in [1.54, 1.807) is 10.7 Å². The highest BCUT2D eigenvalue weighted by atomic mass is 19.1. The van der Waals surface area contributed by atoms with Crippen LogP contribution in [0.5, 0.6) is 0 Å². The van der Waals surface area contributed by atoms with Crippen LogP contribution in [0.1, 0.15) is 18.7 Å². The number of benzene rings is 1. The predicted molar refractivity (Wildman–Crippen MR) is 75.4 cm³/mol. The second-order valence-electron chi connectivity index (χ2n) is 4.54. The summed E-state index contributed by atoms with van der Waals surface area (Å²) >= 11 is 0. The van der Waals surface area contributed by atoms with Crippen LogP contribution in [0.3, 0.4) is 0 Å². The van der Waals surface area contributed by atoms with Gasteiger partial charge in [0.1, 0.15) is 12.1 Å². The van der Waals surface area contributed by atoms with Crippen molar-refractivity contribution in [3.63, 3.8) is 0 Å². The summed E-state index contributed by atoms with van der Waals surface area (Å²) in [6, 6.07) is 10.6. The average molecular weight is 284 g/mol. The molecule has 3 aromatic rings. The minimum atomic E-state index is -0.347. The number of aromatic nitrogens is 5. The minimum Gasteiger partial charge on any atom is -0.375 e. The van der Waals surface area contributed by atoms with E-state index in [9.17, 15) is 4.39 Å². The molecule has 0 saturated heterocycles. The van der Waals surface area contributed by atoms with Crippen molar-refractivity contribution in [3.05, 3.63) is 60.4 Å². The van der Waals surface area contributed by atoms with Crippen LogP contribution in [0.4, 0.5) is 10.1 Å². The lowest BCUT2D eigenvalue weighted by atomic mass is 10.2. The molecule has 0 saturated carbocycles. The van der Waals surface area contributed by atoms with E-state index in [2.05, 4.69) is 25.8 Å². The maximum absolute atomic E-state index is 12.9. The maximum Gasteiger partial charge on any atom is 0.143 e. The molecular weight excluding hydrogens is 271 g/mol. The summed E-state index contributed by atoms with van der Waals surface area (Å²) in [4.78, 5) is 4.08. The Labute approximate surface area is 120 Å². The Balaban J connectivity index is 1.86. The molecule has 6 nitrogen and oxygen atoms in total. The third kappa shape index (κ3) is 2.86. The Morgan fingerprint density at radius 3 is 2.76 bits per heavy atom. The van der Waals surface area contributed by atoms with Gasteiger partial charge in [-0.05, 0) is 41.6 Å². The lowest BCUT2D eigenvalue weighted by Crippen LogP contribution is -2.11. The normalized spacial score (nSPS) is 12.1. The predicted octanol–water partition coefficient (Wildman–Crippen LogP) is 2.37. The minimum absolute atomic E-state index is 0.0803. The van der Waals surface area contributed by atoms with Crippen molar-refractivity contribution in [1.82, 2.24) is 25.2 Å². The first-order valence-electron chi connectivity index (χ1n) is 6.44. The van der Waals surface area contributed by atoms with Crippen LogP contribution in [0.2, 0.25) is 0 Å². The maximum atomic E-state index is 12.9. The molecule has 106 valence electrons. The Hall–Kier alpha value is -2.83. The molecule has 0 bridgehead atoms. The number of rotatable bonds is 4. The van der Waals surface area contributed by atoms with Crippen LogP contribution >= 0.6 is 0 Å². The second kappa shape index (κ2) is 5.66. The number of hydrogen-bond donors (Lipinski definition) is 1. The van der Waals surface area contributed by atoms with Crippen LogP contribution in [-0.2, 0) is 0 Å². The van der Waals surface area contributed by atoms with Crippen molar-refractivity contribution in [1.29, 1.82) is 0 Å². The highest BCUT2D eigenvalue weighted by Crippen LogP contribution is 2.23. The van der Waals surface area contributed by atoms with E-state index in [1.165, 1.54) is 18.6 Å². The summed E-state index contributed by atoms with van der Waals surface area (Å²) in [7, 11) is 0. The fourth-order valence-electron chi connectivity index (χ4n) is 2.02. The zero-order valence-corrected chi connectivity index (χ0v) is 11.3. The number of anilines is 1. The lowest BCUT2D eigenvalue weighted by molar-refractivity contribution is 0.617. The molecule has 0 aliphatic rings. The molecule has 3 rings (SSSR count). The molecule has 1 N–H and O–H groups in total. The Bertz CT molecular complexity index is 711. The SMILES string of the molecule is CC(Nc1ccccc1-n1cnnn1)c1ccc(F)cn1. The van der Waals surface area contributed by atoms with Gasteiger partial charge in [-0.1, -0.05) is 12.1 Å². The summed E-state index contributed by atoms with van der Waals surface area (Å²) in [5, 5.41) is 14.5. The lowest BCUT2D eigenvalue weighted by Gasteiger charge is -2.17. The molecule has 21 heavy (non-hydrogen) atoms. The van der Waals surface area contributed by atoms with Gasteiger partial charge in [-0.15, -0.1) is 5.10 Å². The number of hydrogen-bond acceptors (Lipinski definition) is 5. The number of nitrogens with one attached hydrogen (secondary N) is 1. The van der Waals surface area contributed by atoms with Crippen LogP contribution in [0.25, 0.3) is 5.69 Å². The zero-order chi connectivity index (χ0) is 14.7.